The molecule has 0 aliphatic carbocycles. The van der Waals surface area contributed by atoms with Gasteiger partial charge in [-0.1, -0.05) is 18.9 Å². The van der Waals surface area contributed by atoms with Gasteiger partial charge in [0.15, 0.2) is 0 Å². The van der Waals surface area contributed by atoms with Crippen LogP contribution in [0.5, 0.6) is 0 Å². The van der Waals surface area contributed by atoms with Crippen molar-refractivity contribution in [2.75, 3.05) is 24.5 Å². The molecule has 0 bridgehead atoms. The van der Waals surface area contributed by atoms with Crippen LogP contribution in [-0.2, 0) is 4.79 Å². The molecule has 2 aliphatic rings. The average molecular weight is 329 g/mol. The Kier molecular flexibility index (Phi) is 5.07. The van der Waals surface area contributed by atoms with Crippen molar-refractivity contribution in [2.45, 2.75) is 52.0 Å². The van der Waals surface area contributed by atoms with Gasteiger partial charge in [0, 0.05) is 31.7 Å². The lowest BCUT2D eigenvalue weighted by Gasteiger charge is -2.23. The quantitative estimate of drug-likeness (QED) is 0.907. The first-order valence-electron chi connectivity index (χ1n) is 8.97. The van der Waals surface area contributed by atoms with Crippen LogP contribution in [0.3, 0.4) is 0 Å². The largest absolute Gasteiger partial charge is 0.333 e. The topological polar surface area (TPSA) is 52.7 Å². The molecule has 3 amide bonds. The van der Waals surface area contributed by atoms with Crippen LogP contribution in [0.2, 0.25) is 0 Å². The summed E-state index contributed by atoms with van der Waals surface area (Å²) in [6.45, 7) is 6.33. The molecule has 5 nitrogen and oxygen atoms in total. The van der Waals surface area contributed by atoms with Crippen LogP contribution in [0.4, 0.5) is 10.5 Å². The molecule has 130 valence electrons. The van der Waals surface area contributed by atoms with E-state index in [-0.39, 0.29) is 18.0 Å². The van der Waals surface area contributed by atoms with Crippen LogP contribution < -0.4 is 10.2 Å². The average Bonchev–Trinajstić information content (AvgIpc) is 2.77. The molecule has 5 heteroatoms. The molecule has 3 rings (SSSR count). The fourth-order valence-corrected chi connectivity index (χ4v) is 3.49. The number of hydrogen-bond acceptors (Lipinski definition) is 2. The van der Waals surface area contributed by atoms with E-state index < -0.39 is 0 Å². The SMILES string of the molecule is Cc1ccc(N2C[C@@H](NC(=O)N3CCCCCC3)CC2=O)cc1C. The van der Waals surface area contributed by atoms with Crippen LogP contribution in [0.15, 0.2) is 18.2 Å². The third-order valence-electron chi connectivity index (χ3n) is 5.15. The number of anilines is 1. The Morgan fingerprint density at radius 3 is 2.46 bits per heavy atom. The summed E-state index contributed by atoms with van der Waals surface area (Å²) in [7, 11) is 0. The molecule has 2 saturated heterocycles. The maximum atomic E-state index is 12.4. The molecule has 1 aromatic carbocycles. The first kappa shape index (κ1) is 16.8. The van der Waals surface area contributed by atoms with E-state index in [9.17, 15) is 9.59 Å². The predicted molar refractivity (Wildman–Crippen MR) is 95.2 cm³/mol. The van der Waals surface area contributed by atoms with E-state index in [0.29, 0.717) is 13.0 Å². The molecule has 24 heavy (non-hydrogen) atoms. The third-order valence-corrected chi connectivity index (χ3v) is 5.15. The molecule has 1 atom stereocenters. The first-order valence-corrected chi connectivity index (χ1v) is 8.97. The zero-order chi connectivity index (χ0) is 17.1. The molecule has 1 aromatic rings. The van der Waals surface area contributed by atoms with Crippen LogP contribution in [0, 0.1) is 13.8 Å². The van der Waals surface area contributed by atoms with Gasteiger partial charge < -0.3 is 15.1 Å². The smallest absolute Gasteiger partial charge is 0.317 e. The monoisotopic (exact) mass is 329 g/mol. The molecule has 0 radical (unpaired) electrons. The number of nitrogens with one attached hydrogen (secondary N) is 1. The molecule has 0 saturated carbocycles. The number of carbonyl (C=O) groups excluding carboxylic acids is 2. The summed E-state index contributed by atoms with van der Waals surface area (Å²) in [6, 6.07) is 5.96. The van der Waals surface area contributed by atoms with Crippen LogP contribution >= 0.6 is 0 Å². The highest BCUT2D eigenvalue weighted by atomic mass is 16.2. The van der Waals surface area contributed by atoms with Gasteiger partial charge in [-0.05, 0) is 49.9 Å². The minimum Gasteiger partial charge on any atom is -0.333 e. The number of hydrogen-bond donors (Lipinski definition) is 1. The van der Waals surface area contributed by atoms with Crippen molar-refractivity contribution in [3.63, 3.8) is 0 Å². The Balaban J connectivity index is 1.61. The van der Waals surface area contributed by atoms with Crippen molar-refractivity contribution in [2.24, 2.45) is 0 Å². The number of likely N-dealkylation sites (tertiary alicyclic amines) is 1. The van der Waals surface area contributed by atoms with E-state index in [0.717, 1.165) is 31.6 Å². The summed E-state index contributed by atoms with van der Waals surface area (Å²) in [4.78, 5) is 28.5. The number of benzene rings is 1. The summed E-state index contributed by atoms with van der Waals surface area (Å²) in [5.41, 5.74) is 3.32. The molecule has 1 N–H and O–H groups in total. The second-order valence-electron chi connectivity index (χ2n) is 7.02. The van der Waals surface area contributed by atoms with Gasteiger partial charge in [-0.3, -0.25) is 4.79 Å². The van der Waals surface area contributed by atoms with E-state index in [4.69, 9.17) is 0 Å². The summed E-state index contributed by atoms with van der Waals surface area (Å²) in [5.74, 6) is 0.0828. The summed E-state index contributed by atoms with van der Waals surface area (Å²) in [6.07, 6.45) is 4.93. The maximum Gasteiger partial charge on any atom is 0.317 e. The second kappa shape index (κ2) is 7.24. The Labute approximate surface area is 144 Å². The van der Waals surface area contributed by atoms with Crippen LogP contribution in [0.1, 0.15) is 43.2 Å². The number of rotatable bonds is 2. The molecular weight excluding hydrogens is 302 g/mol. The van der Waals surface area contributed by atoms with E-state index in [1.165, 1.54) is 24.0 Å². The zero-order valence-electron chi connectivity index (χ0n) is 14.7. The van der Waals surface area contributed by atoms with Gasteiger partial charge >= 0.3 is 6.03 Å². The number of nitrogens with zero attached hydrogens (tertiary/aromatic N) is 2. The summed E-state index contributed by atoms with van der Waals surface area (Å²) >= 11 is 0. The standard InChI is InChI=1S/C19H27N3O2/c1-14-7-8-17(11-15(14)2)22-13-16(12-18(22)23)20-19(24)21-9-5-3-4-6-10-21/h7-8,11,16H,3-6,9-10,12-13H2,1-2H3,(H,20,24)/t16-/m0/s1. The fraction of sp³-hybridized carbons (Fsp3) is 0.579. The van der Waals surface area contributed by atoms with Gasteiger partial charge in [0.25, 0.3) is 0 Å². The highest BCUT2D eigenvalue weighted by molar-refractivity contribution is 5.96. The maximum absolute atomic E-state index is 12.4. The molecule has 2 fully saturated rings. The van der Waals surface area contributed by atoms with Gasteiger partial charge in [0.1, 0.15) is 0 Å². The number of amides is 3. The number of urea groups is 1. The van der Waals surface area contributed by atoms with Gasteiger partial charge in [0.2, 0.25) is 5.91 Å². The number of aryl methyl sites for hydroxylation is 2. The summed E-state index contributed by atoms with van der Waals surface area (Å²) < 4.78 is 0. The normalized spacial score (nSPS) is 21.8. The van der Waals surface area contributed by atoms with Crippen molar-refractivity contribution in [1.29, 1.82) is 0 Å². The predicted octanol–water partition coefficient (Wildman–Crippen LogP) is 2.99. The highest BCUT2D eigenvalue weighted by Gasteiger charge is 2.32. The lowest BCUT2D eigenvalue weighted by Crippen LogP contribution is -2.46. The van der Waals surface area contributed by atoms with Gasteiger partial charge in [-0.15, -0.1) is 0 Å². The summed E-state index contributed by atoms with van der Waals surface area (Å²) in [5, 5.41) is 3.06. The fourth-order valence-electron chi connectivity index (χ4n) is 3.49. The van der Waals surface area contributed by atoms with Gasteiger partial charge in [0.05, 0.1) is 6.04 Å². The van der Waals surface area contributed by atoms with Crippen LogP contribution in [0.25, 0.3) is 0 Å². The number of carbonyl (C=O) groups is 2. The van der Waals surface area contributed by atoms with E-state index in [1.54, 1.807) is 4.90 Å². The second-order valence-corrected chi connectivity index (χ2v) is 7.02. The minimum absolute atomic E-state index is 0.0170. The Hall–Kier alpha value is -2.04. The molecule has 0 aromatic heterocycles. The molecule has 2 heterocycles. The Morgan fingerprint density at radius 2 is 1.79 bits per heavy atom. The Bertz CT molecular complexity index is 621. The highest BCUT2D eigenvalue weighted by Crippen LogP contribution is 2.24. The van der Waals surface area contributed by atoms with Crippen molar-refractivity contribution < 1.29 is 9.59 Å². The van der Waals surface area contributed by atoms with Crippen LogP contribution in [-0.4, -0.2) is 42.5 Å². The van der Waals surface area contributed by atoms with Gasteiger partial charge in [-0.25, -0.2) is 4.79 Å². The van der Waals surface area contributed by atoms with Crippen molar-refractivity contribution in [3.05, 3.63) is 29.3 Å². The van der Waals surface area contributed by atoms with Crippen molar-refractivity contribution >= 4 is 17.6 Å². The lowest BCUT2D eigenvalue weighted by molar-refractivity contribution is -0.117. The van der Waals surface area contributed by atoms with E-state index >= 15 is 0 Å². The molecule has 2 aliphatic heterocycles. The first-order chi connectivity index (χ1) is 11.5. The minimum atomic E-state index is -0.102. The molecule has 0 unspecified atom stereocenters. The lowest BCUT2D eigenvalue weighted by atomic mass is 10.1. The zero-order valence-corrected chi connectivity index (χ0v) is 14.7. The molecule has 0 spiro atoms. The Morgan fingerprint density at radius 1 is 1.08 bits per heavy atom. The van der Waals surface area contributed by atoms with Gasteiger partial charge in [-0.2, -0.15) is 0 Å². The van der Waals surface area contributed by atoms with Crippen molar-refractivity contribution in [1.82, 2.24) is 10.2 Å². The van der Waals surface area contributed by atoms with E-state index in [2.05, 4.69) is 19.2 Å². The molecular formula is C19H27N3O2. The van der Waals surface area contributed by atoms with Crippen molar-refractivity contribution in [3.8, 4) is 0 Å². The third kappa shape index (κ3) is 3.71. The van der Waals surface area contributed by atoms with E-state index in [1.807, 2.05) is 23.1 Å².